The lowest BCUT2D eigenvalue weighted by Crippen LogP contribution is -2.48. The molecule has 1 heterocycles. The van der Waals surface area contributed by atoms with Gasteiger partial charge in [-0.2, -0.15) is 0 Å². The quantitative estimate of drug-likeness (QED) is 0.462. The van der Waals surface area contributed by atoms with E-state index < -0.39 is 22.8 Å². The van der Waals surface area contributed by atoms with Gasteiger partial charge in [0.15, 0.2) is 0 Å². The van der Waals surface area contributed by atoms with Crippen molar-refractivity contribution in [3.63, 3.8) is 0 Å². The van der Waals surface area contributed by atoms with Crippen molar-refractivity contribution in [2.45, 2.75) is 26.3 Å². The number of benzene rings is 2. The van der Waals surface area contributed by atoms with Gasteiger partial charge in [-0.1, -0.05) is 23.8 Å². The molecule has 3 amide bonds. The van der Waals surface area contributed by atoms with E-state index in [1.807, 2.05) is 26.0 Å². The summed E-state index contributed by atoms with van der Waals surface area (Å²) in [6, 6.07) is 9.67. The molecule has 0 spiro atoms. The van der Waals surface area contributed by atoms with Gasteiger partial charge in [-0.25, -0.2) is 10.3 Å². The van der Waals surface area contributed by atoms with Crippen molar-refractivity contribution in [1.29, 1.82) is 0 Å². The first-order valence-electron chi connectivity index (χ1n) is 8.52. The highest BCUT2D eigenvalue weighted by molar-refractivity contribution is 6.22. The zero-order valence-electron chi connectivity index (χ0n) is 15.3. The molecule has 1 fully saturated rings. The number of nitro benzene ring substituents is 1. The number of aryl methyl sites for hydroxylation is 2. The summed E-state index contributed by atoms with van der Waals surface area (Å²) in [5, 5.41) is 10.8. The zero-order chi connectivity index (χ0) is 20.4. The van der Waals surface area contributed by atoms with E-state index >= 15 is 0 Å². The molecule has 144 valence electrons. The number of nitrogens with one attached hydrogen (secondary N) is 2. The number of nitro groups is 1. The van der Waals surface area contributed by atoms with Crippen molar-refractivity contribution < 1.29 is 19.3 Å². The standard InChI is InChI=1S/C19H18N4O5/c1-11-6-7-16(12(2)8-11)22-17(24)10-15(19(22)26)20-21-18(25)13-4-3-5-14(9-13)23(27)28/h3-9,15,20H,10H2,1-2H3,(H,21,25)/t15-/m1/s1. The SMILES string of the molecule is Cc1ccc(N2C(=O)C[C@@H](NNC(=O)c3cccc([N+](=O)[O-])c3)C2=O)c(C)c1. The van der Waals surface area contributed by atoms with Gasteiger partial charge in [0.25, 0.3) is 17.5 Å². The Kier molecular flexibility index (Phi) is 5.18. The van der Waals surface area contributed by atoms with Crippen LogP contribution in [0.3, 0.4) is 0 Å². The minimum Gasteiger partial charge on any atom is -0.287 e. The molecule has 0 radical (unpaired) electrons. The molecule has 1 aliphatic heterocycles. The number of hydrazine groups is 1. The Balaban J connectivity index is 1.70. The summed E-state index contributed by atoms with van der Waals surface area (Å²) in [6.07, 6.45) is -0.110. The van der Waals surface area contributed by atoms with E-state index in [4.69, 9.17) is 0 Å². The van der Waals surface area contributed by atoms with Crippen molar-refractivity contribution in [1.82, 2.24) is 10.9 Å². The van der Waals surface area contributed by atoms with E-state index in [-0.39, 0.29) is 23.6 Å². The van der Waals surface area contributed by atoms with Crippen LogP contribution < -0.4 is 15.8 Å². The molecule has 2 aromatic carbocycles. The van der Waals surface area contributed by atoms with E-state index in [2.05, 4.69) is 10.9 Å². The molecule has 1 saturated heterocycles. The maximum atomic E-state index is 12.6. The molecule has 28 heavy (non-hydrogen) atoms. The molecule has 0 aromatic heterocycles. The predicted octanol–water partition coefficient (Wildman–Crippen LogP) is 1.78. The van der Waals surface area contributed by atoms with E-state index in [1.165, 1.54) is 18.2 Å². The number of anilines is 1. The molecule has 0 unspecified atom stereocenters. The van der Waals surface area contributed by atoms with E-state index in [9.17, 15) is 24.5 Å². The first-order valence-corrected chi connectivity index (χ1v) is 8.52. The Morgan fingerprint density at radius 3 is 2.61 bits per heavy atom. The molecular weight excluding hydrogens is 364 g/mol. The van der Waals surface area contributed by atoms with Crippen LogP contribution in [0.2, 0.25) is 0 Å². The summed E-state index contributed by atoms with van der Waals surface area (Å²) in [5.41, 5.74) is 7.06. The number of non-ortho nitro benzene ring substituents is 1. The Labute approximate surface area is 160 Å². The van der Waals surface area contributed by atoms with E-state index in [0.29, 0.717) is 5.69 Å². The van der Waals surface area contributed by atoms with Gasteiger partial charge in [0.1, 0.15) is 6.04 Å². The molecule has 0 aliphatic carbocycles. The largest absolute Gasteiger partial charge is 0.287 e. The number of carbonyl (C=O) groups excluding carboxylic acids is 3. The molecule has 0 saturated carbocycles. The van der Waals surface area contributed by atoms with Crippen molar-refractivity contribution >= 4 is 29.1 Å². The van der Waals surface area contributed by atoms with Crippen molar-refractivity contribution in [2.75, 3.05) is 4.90 Å². The zero-order valence-corrected chi connectivity index (χ0v) is 15.3. The lowest BCUT2D eigenvalue weighted by molar-refractivity contribution is -0.384. The van der Waals surface area contributed by atoms with Crippen LogP contribution in [0.1, 0.15) is 27.9 Å². The van der Waals surface area contributed by atoms with Gasteiger partial charge in [-0.15, -0.1) is 0 Å². The smallest absolute Gasteiger partial charge is 0.270 e. The highest BCUT2D eigenvalue weighted by Gasteiger charge is 2.40. The van der Waals surface area contributed by atoms with Crippen LogP contribution in [0, 0.1) is 24.0 Å². The Hall–Kier alpha value is -3.59. The van der Waals surface area contributed by atoms with Crippen LogP contribution in [0.4, 0.5) is 11.4 Å². The highest BCUT2D eigenvalue weighted by Crippen LogP contribution is 2.26. The number of hydrogen-bond acceptors (Lipinski definition) is 6. The van der Waals surface area contributed by atoms with E-state index in [1.54, 1.807) is 6.07 Å². The second-order valence-corrected chi connectivity index (χ2v) is 6.52. The molecular formula is C19H18N4O5. The third-order valence-electron chi connectivity index (χ3n) is 4.42. The molecule has 2 aromatic rings. The van der Waals surface area contributed by atoms with E-state index in [0.717, 1.165) is 22.1 Å². The third kappa shape index (κ3) is 3.74. The Morgan fingerprint density at radius 2 is 1.93 bits per heavy atom. The van der Waals surface area contributed by atoms with Gasteiger partial charge < -0.3 is 0 Å². The van der Waals surface area contributed by atoms with Gasteiger partial charge in [0.05, 0.1) is 17.0 Å². The summed E-state index contributed by atoms with van der Waals surface area (Å²) in [4.78, 5) is 48.5. The number of rotatable bonds is 5. The van der Waals surface area contributed by atoms with Gasteiger partial charge in [-0.3, -0.25) is 29.9 Å². The lowest BCUT2D eigenvalue weighted by atomic mass is 10.1. The van der Waals surface area contributed by atoms with Crippen LogP contribution in [0.5, 0.6) is 0 Å². The van der Waals surface area contributed by atoms with Gasteiger partial charge in [0.2, 0.25) is 5.91 Å². The van der Waals surface area contributed by atoms with Crippen molar-refractivity contribution in [3.05, 3.63) is 69.3 Å². The average molecular weight is 382 g/mol. The molecule has 0 bridgehead atoms. The fraction of sp³-hybridized carbons (Fsp3) is 0.211. The molecule has 9 heteroatoms. The average Bonchev–Trinajstić information content (AvgIpc) is 2.93. The number of imide groups is 1. The maximum Gasteiger partial charge on any atom is 0.270 e. The monoisotopic (exact) mass is 382 g/mol. The number of carbonyl (C=O) groups is 3. The van der Waals surface area contributed by atoms with Gasteiger partial charge in [0, 0.05) is 17.7 Å². The first kappa shape index (κ1) is 19.2. The number of amides is 3. The Morgan fingerprint density at radius 1 is 1.18 bits per heavy atom. The van der Waals surface area contributed by atoms with Gasteiger partial charge in [-0.05, 0) is 31.5 Å². The second-order valence-electron chi connectivity index (χ2n) is 6.52. The second kappa shape index (κ2) is 7.57. The topological polar surface area (TPSA) is 122 Å². The highest BCUT2D eigenvalue weighted by atomic mass is 16.6. The van der Waals surface area contributed by atoms with Crippen molar-refractivity contribution in [2.24, 2.45) is 0 Å². The van der Waals surface area contributed by atoms with Gasteiger partial charge >= 0.3 is 0 Å². The van der Waals surface area contributed by atoms with Crippen LogP contribution in [-0.2, 0) is 9.59 Å². The van der Waals surface area contributed by atoms with Crippen LogP contribution in [0.15, 0.2) is 42.5 Å². The van der Waals surface area contributed by atoms with Crippen LogP contribution >= 0.6 is 0 Å². The lowest BCUT2D eigenvalue weighted by Gasteiger charge is -2.18. The summed E-state index contributed by atoms with van der Waals surface area (Å²) >= 11 is 0. The fourth-order valence-corrected chi connectivity index (χ4v) is 3.04. The summed E-state index contributed by atoms with van der Waals surface area (Å²) in [6.45, 7) is 3.73. The number of nitrogens with zero attached hydrogens (tertiary/aromatic N) is 2. The molecule has 1 aliphatic rings. The van der Waals surface area contributed by atoms with Crippen molar-refractivity contribution in [3.8, 4) is 0 Å². The summed E-state index contributed by atoms with van der Waals surface area (Å²) in [7, 11) is 0. The summed E-state index contributed by atoms with van der Waals surface area (Å²) < 4.78 is 0. The number of hydrogen-bond donors (Lipinski definition) is 2. The van der Waals surface area contributed by atoms with Crippen LogP contribution in [0.25, 0.3) is 0 Å². The first-order chi connectivity index (χ1) is 13.3. The summed E-state index contributed by atoms with van der Waals surface area (Å²) in [5.74, 6) is -1.50. The molecule has 3 rings (SSSR count). The minimum absolute atomic E-state index is 0.0599. The molecule has 9 nitrogen and oxygen atoms in total. The Bertz CT molecular complexity index is 988. The predicted molar refractivity (Wildman–Crippen MR) is 101 cm³/mol. The maximum absolute atomic E-state index is 12.6. The minimum atomic E-state index is -0.921. The molecule has 1 atom stereocenters. The third-order valence-corrected chi connectivity index (χ3v) is 4.42. The normalized spacial score (nSPS) is 16.4. The fourth-order valence-electron chi connectivity index (χ4n) is 3.04. The molecule has 2 N–H and O–H groups in total. The van der Waals surface area contributed by atoms with Crippen LogP contribution in [-0.4, -0.2) is 28.7 Å².